The van der Waals surface area contributed by atoms with Gasteiger partial charge in [-0.05, 0) is 0 Å². The predicted octanol–water partition coefficient (Wildman–Crippen LogP) is 0.207. The number of hydrogen-bond acceptors (Lipinski definition) is 0. The van der Waals surface area contributed by atoms with Gasteiger partial charge in [0.1, 0.15) is 0 Å². The third kappa shape index (κ3) is 3.77. The van der Waals surface area contributed by atoms with Gasteiger partial charge in [-0.25, -0.2) is 0 Å². The Kier molecular flexibility index (Phi) is 4.81. The van der Waals surface area contributed by atoms with E-state index in [0.717, 1.165) is 3.92 Å². The molecule has 0 aliphatic heterocycles. The molecule has 1 aliphatic carbocycles. The van der Waals surface area contributed by atoms with Crippen molar-refractivity contribution < 1.29 is 21.2 Å². The van der Waals surface area contributed by atoms with Crippen LogP contribution in [-0.2, 0) is 0 Å². The second-order valence-corrected chi connectivity index (χ2v) is 8.18. The van der Waals surface area contributed by atoms with Crippen molar-refractivity contribution >= 4 is 0 Å². The molecule has 1 unspecified atom stereocenters. The zero-order valence-corrected chi connectivity index (χ0v) is 9.93. The van der Waals surface area contributed by atoms with Crippen molar-refractivity contribution in [2.75, 3.05) is 0 Å². The fourth-order valence-corrected chi connectivity index (χ4v) is 6.09. The van der Waals surface area contributed by atoms with Crippen molar-refractivity contribution in [3.05, 3.63) is 0 Å². The molecule has 0 aromatic heterocycles. The van der Waals surface area contributed by atoms with Crippen LogP contribution < -0.4 is 21.2 Å². The Morgan fingerprint density at radius 1 is 1.36 bits per heavy atom. The van der Waals surface area contributed by atoms with Crippen LogP contribution in [0.15, 0.2) is 0 Å². The average molecular weight is 267 g/mol. The van der Waals surface area contributed by atoms with Crippen LogP contribution in [0.1, 0.15) is 52.4 Å². The van der Waals surface area contributed by atoms with Gasteiger partial charge in [0.25, 0.3) is 0 Å². The summed E-state index contributed by atoms with van der Waals surface area (Å²) in [5, 5.41) is 0. The van der Waals surface area contributed by atoms with E-state index in [1.54, 1.807) is 12.8 Å². The molecule has 0 nitrogen and oxygen atoms in total. The zero-order chi connectivity index (χ0) is 8.10. The molecule has 0 spiro atoms. The Hall–Kier alpha value is 0.730. The topological polar surface area (TPSA) is 0 Å². The van der Waals surface area contributed by atoms with E-state index in [4.69, 9.17) is 0 Å². The third-order valence-corrected chi connectivity index (χ3v) is 6.48. The molecular weight excluding hydrogens is 247 g/mol. The predicted molar refractivity (Wildman–Crippen MR) is 46.6 cm³/mol. The van der Waals surface area contributed by atoms with Crippen molar-refractivity contribution in [1.29, 1.82) is 0 Å². The fraction of sp³-hybridized carbons (Fsp3) is 1.00. The van der Waals surface area contributed by atoms with Crippen LogP contribution in [0.4, 0.5) is 0 Å². The first kappa shape index (κ1) is 9.82. The molecule has 0 N–H and O–H groups in total. The van der Waals surface area contributed by atoms with Crippen LogP contribution in [0.2, 0.25) is 0 Å². The van der Waals surface area contributed by atoms with Gasteiger partial charge >= 0.3 is 81.4 Å². The van der Waals surface area contributed by atoms with Gasteiger partial charge in [-0.1, -0.05) is 0 Å². The Bertz CT molecular complexity index is 95.0. The van der Waals surface area contributed by atoms with Crippen LogP contribution >= 0.6 is 0 Å². The van der Waals surface area contributed by atoms with Gasteiger partial charge in [-0.3, -0.25) is 0 Å². The van der Waals surface area contributed by atoms with Gasteiger partial charge in [0.15, 0.2) is 0 Å². The maximum atomic E-state index is 2.47. The summed E-state index contributed by atoms with van der Waals surface area (Å²) in [6.07, 6.45) is 9.09. The molecule has 0 bridgehead atoms. The molecule has 0 aromatic carbocycles. The first-order valence-corrected chi connectivity index (χ1v) is 7.44. The van der Waals surface area contributed by atoms with Gasteiger partial charge in [-0.2, -0.15) is 0 Å². The number of alkyl halides is 2. The molecule has 68 valence electrons. The summed E-state index contributed by atoms with van der Waals surface area (Å²) >= 11 is 0.552. The standard InChI is InChI=1S/C10H20I/c1-3-6-9(2)11-10-7-4-5-8-10/h9-10H,3-8H2,1-2H3/q-1. The van der Waals surface area contributed by atoms with Gasteiger partial charge in [0.2, 0.25) is 0 Å². The Morgan fingerprint density at radius 2 is 2.00 bits per heavy atom. The fourth-order valence-electron chi connectivity index (χ4n) is 1.77. The van der Waals surface area contributed by atoms with E-state index in [-0.39, 0.29) is 0 Å². The summed E-state index contributed by atoms with van der Waals surface area (Å²) in [5.74, 6) is 0. The first-order chi connectivity index (χ1) is 5.33. The van der Waals surface area contributed by atoms with Crippen LogP contribution in [-0.4, -0.2) is 7.85 Å². The Labute approximate surface area is 81.4 Å². The van der Waals surface area contributed by atoms with E-state index in [2.05, 4.69) is 13.8 Å². The van der Waals surface area contributed by atoms with Crippen molar-refractivity contribution in [2.24, 2.45) is 0 Å². The van der Waals surface area contributed by atoms with Gasteiger partial charge in [0.05, 0.1) is 0 Å². The van der Waals surface area contributed by atoms with E-state index in [1.165, 1.54) is 29.6 Å². The molecule has 0 heterocycles. The monoisotopic (exact) mass is 267 g/mol. The van der Waals surface area contributed by atoms with Crippen molar-refractivity contribution in [3.8, 4) is 0 Å². The van der Waals surface area contributed by atoms with Gasteiger partial charge in [-0.15, -0.1) is 0 Å². The maximum absolute atomic E-state index is 2.47. The minimum absolute atomic E-state index is 0.552. The van der Waals surface area contributed by atoms with E-state index in [1.807, 2.05) is 0 Å². The molecule has 0 saturated heterocycles. The number of rotatable bonds is 4. The first-order valence-electron chi connectivity index (χ1n) is 4.95. The summed E-state index contributed by atoms with van der Waals surface area (Å²) in [4.78, 5) is 0. The number of hydrogen-bond donors (Lipinski definition) is 0. The van der Waals surface area contributed by atoms with E-state index < -0.39 is 0 Å². The molecule has 1 rings (SSSR count). The second kappa shape index (κ2) is 5.39. The summed E-state index contributed by atoms with van der Waals surface area (Å²) in [5.41, 5.74) is 0. The quantitative estimate of drug-likeness (QED) is 0.504. The Balaban J connectivity index is 2.08. The summed E-state index contributed by atoms with van der Waals surface area (Å²) in [7, 11) is 0. The SMILES string of the molecule is CCCC(C)[I-]C1CCCC1. The zero-order valence-electron chi connectivity index (χ0n) is 7.78. The van der Waals surface area contributed by atoms with Crippen LogP contribution in [0, 0.1) is 0 Å². The van der Waals surface area contributed by atoms with E-state index in [9.17, 15) is 0 Å². The van der Waals surface area contributed by atoms with Crippen molar-refractivity contribution in [2.45, 2.75) is 60.2 Å². The molecule has 1 atom stereocenters. The van der Waals surface area contributed by atoms with Gasteiger partial charge < -0.3 is 0 Å². The van der Waals surface area contributed by atoms with Crippen LogP contribution in [0.3, 0.4) is 0 Å². The molecule has 1 saturated carbocycles. The summed E-state index contributed by atoms with van der Waals surface area (Å²) < 4.78 is 2.30. The minimum atomic E-state index is 0.552. The molecule has 1 fully saturated rings. The normalized spacial score (nSPS) is 22.7. The third-order valence-electron chi connectivity index (χ3n) is 2.36. The molecule has 1 aliphatic rings. The molecule has 0 aromatic rings. The second-order valence-electron chi connectivity index (χ2n) is 3.58. The summed E-state index contributed by atoms with van der Waals surface area (Å²) in [6, 6.07) is 0. The van der Waals surface area contributed by atoms with E-state index in [0.29, 0.717) is 21.2 Å². The average Bonchev–Trinajstić information content (AvgIpc) is 2.40. The molecule has 0 amide bonds. The van der Waals surface area contributed by atoms with E-state index >= 15 is 0 Å². The molecule has 0 radical (unpaired) electrons. The van der Waals surface area contributed by atoms with Crippen molar-refractivity contribution in [3.63, 3.8) is 0 Å². The molecule has 11 heavy (non-hydrogen) atoms. The van der Waals surface area contributed by atoms with Crippen molar-refractivity contribution in [1.82, 2.24) is 0 Å². The van der Waals surface area contributed by atoms with Crippen LogP contribution in [0.5, 0.6) is 0 Å². The number of halogens is 1. The van der Waals surface area contributed by atoms with Crippen LogP contribution in [0.25, 0.3) is 0 Å². The molecular formula is C10H20I-. The summed E-state index contributed by atoms with van der Waals surface area (Å²) in [6.45, 7) is 4.78. The Morgan fingerprint density at radius 3 is 2.55 bits per heavy atom. The van der Waals surface area contributed by atoms with Gasteiger partial charge in [0, 0.05) is 0 Å². The molecule has 1 heteroatoms.